The normalized spacial score (nSPS) is 28.8. The summed E-state index contributed by atoms with van der Waals surface area (Å²) in [5.41, 5.74) is -0.211. The van der Waals surface area contributed by atoms with Gasteiger partial charge >= 0.3 is 5.97 Å². The quantitative estimate of drug-likeness (QED) is 0.687. The molecule has 4 aliphatic rings. The molecule has 0 radical (unpaired) electrons. The first-order chi connectivity index (χ1) is 13.3. The Labute approximate surface area is 169 Å². The minimum Gasteiger partial charge on any atom is -0.459 e. The van der Waals surface area contributed by atoms with Crippen LogP contribution >= 0.6 is 0 Å². The predicted octanol–water partition coefficient (Wildman–Crippen LogP) is 2.13. The van der Waals surface area contributed by atoms with Gasteiger partial charge in [-0.1, -0.05) is 6.42 Å². The fourth-order valence-corrected chi connectivity index (χ4v) is 5.24. The second kappa shape index (κ2) is 7.60. The Balaban J connectivity index is 1.20. The SMILES string of the molecule is CC(C)(C)OC(=O)CN1CCC2(CC1)CC2C(=O)N1CCN(C2CCC2)CC1. The number of piperidine rings is 1. The molecular weight excluding hydrogens is 354 g/mol. The van der Waals surface area contributed by atoms with Gasteiger partial charge in [0.15, 0.2) is 0 Å². The standard InChI is InChI=1S/C22H37N3O3/c1-21(2,3)28-19(26)16-23-9-7-22(8-10-23)15-18(22)20(27)25-13-11-24(12-14-25)17-5-4-6-17/h17-18H,4-16H2,1-3H3. The molecule has 0 bridgehead atoms. The molecule has 2 aliphatic carbocycles. The molecule has 28 heavy (non-hydrogen) atoms. The molecule has 158 valence electrons. The molecular formula is C22H37N3O3. The fourth-order valence-electron chi connectivity index (χ4n) is 5.24. The number of ether oxygens (including phenoxy) is 1. The van der Waals surface area contributed by atoms with Crippen molar-refractivity contribution in [3.63, 3.8) is 0 Å². The van der Waals surface area contributed by atoms with Crippen LogP contribution in [-0.4, -0.2) is 84.0 Å². The van der Waals surface area contributed by atoms with Gasteiger partial charge in [-0.05, 0) is 71.4 Å². The molecule has 6 heteroatoms. The Kier molecular flexibility index (Phi) is 5.47. The van der Waals surface area contributed by atoms with E-state index >= 15 is 0 Å². The third-order valence-electron chi connectivity index (χ3n) is 7.33. The van der Waals surface area contributed by atoms with Crippen molar-refractivity contribution in [1.82, 2.24) is 14.7 Å². The zero-order valence-electron chi connectivity index (χ0n) is 17.9. The van der Waals surface area contributed by atoms with Gasteiger partial charge in [0.05, 0.1) is 6.54 Å². The van der Waals surface area contributed by atoms with Gasteiger partial charge in [0.25, 0.3) is 0 Å². The zero-order chi connectivity index (χ0) is 19.9. The predicted molar refractivity (Wildman–Crippen MR) is 108 cm³/mol. The first-order valence-electron chi connectivity index (χ1n) is 11.2. The molecule has 1 spiro atoms. The number of rotatable bonds is 4. The van der Waals surface area contributed by atoms with Gasteiger partial charge in [0.2, 0.25) is 5.91 Å². The van der Waals surface area contributed by atoms with Crippen LogP contribution in [0, 0.1) is 11.3 Å². The molecule has 4 fully saturated rings. The van der Waals surface area contributed by atoms with Crippen molar-refractivity contribution in [3.05, 3.63) is 0 Å². The van der Waals surface area contributed by atoms with Crippen LogP contribution in [0.5, 0.6) is 0 Å². The Bertz CT molecular complexity index is 595. The lowest BCUT2D eigenvalue weighted by Crippen LogP contribution is -2.54. The van der Waals surface area contributed by atoms with Gasteiger partial charge in [0, 0.05) is 38.1 Å². The summed E-state index contributed by atoms with van der Waals surface area (Å²) in [5, 5.41) is 0. The number of hydrogen-bond donors (Lipinski definition) is 0. The molecule has 2 saturated heterocycles. The van der Waals surface area contributed by atoms with E-state index < -0.39 is 5.60 Å². The number of carbonyl (C=O) groups is 2. The van der Waals surface area contributed by atoms with E-state index in [0.717, 1.165) is 64.6 Å². The summed E-state index contributed by atoms with van der Waals surface area (Å²) in [6.07, 6.45) is 7.19. The molecule has 0 aromatic rings. The maximum absolute atomic E-state index is 13.0. The lowest BCUT2D eigenvalue weighted by Gasteiger charge is -2.43. The number of piperazine rings is 1. The Morgan fingerprint density at radius 2 is 1.64 bits per heavy atom. The Morgan fingerprint density at radius 1 is 1.00 bits per heavy atom. The molecule has 0 aromatic heterocycles. The van der Waals surface area contributed by atoms with Crippen LogP contribution in [0.15, 0.2) is 0 Å². The molecule has 6 nitrogen and oxygen atoms in total. The van der Waals surface area contributed by atoms with Gasteiger partial charge in [-0.25, -0.2) is 0 Å². The van der Waals surface area contributed by atoms with E-state index in [1.165, 1.54) is 19.3 Å². The van der Waals surface area contributed by atoms with Crippen molar-refractivity contribution < 1.29 is 14.3 Å². The third-order valence-corrected chi connectivity index (χ3v) is 7.33. The van der Waals surface area contributed by atoms with E-state index in [4.69, 9.17) is 4.74 Å². The summed E-state index contributed by atoms with van der Waals surface area (Å²) in [7, 11) is 0. The number of esters is 1. The van der Waals surface area contributed by atoms with Crippen molar-refractivity contribution in [2.75, 3.05) is 45.8 Å². The number of hydrogen-bond acceptors (Lipinski definition) is 5. The maximum atomic E-state index is 13.0. The van der Waals surface area contributed by atoms with Crippen molar-refractivity contribution in [3.8, 4) is 0 Å². The van der Waals surface area contributed by atoms with Gasteiger partial charge in [-0.15, -0.1) is 0 Å². The van der Waals surface area contributed by atoms with E-state index in [0.29, 0.717) is 12.5 Å². The average Bonchev–Trinajstić information content (AvgIpc) is 3.28. The lowest BCUT2D eigenvalue weighted by molar-refractivity contribution is -0.156. The molecule has 1 amide bonds. The highest BCUT2D eigenvalue weighted by Crippen LogP contribution is 2.60. The molecule has 0 N–H and O–H groups in total. The van der Waals surface area contributed by atoms with E-state index in [1.54, 1.807) is 0 Å². The third kappa shape index (κ3) is 4.38. The van der Waals surface area contributed by atoms with Gasteiger partial charge < -0.3 is 9.64 Å². The number of amides is 1. The minimum absolute atomic E-state index is 0.142. The molecule has 2 heterocycles. The van der Waals surface area contributed by atoms with Gasteiger partial charge in [-0.3, -0.25) is 19.4 Å². The molecule has 4 rings (SSSR count). The van der Waals surface area contributed by atoms with E-state index in [-0.39, 0.29) is 17.3 Å². The van der Waals surface area contributed by atoms with Crippen molar-refractivity contribution >= 4 is 11.9 Å². The van der Waals surface area contributed by atoms with Crippen LogP contribution in [0.25, 0.3) is 0 Å². The monoisotopic (exact) mass is 391 g/mol. The first-order valence-corrected chi connectivity index (χ1v) is 11.2. The van der Waals surface area contributed by atoms with Gasteiger partial charge in [-0.2, -0.15) is 0 Å². The molecule has 2 saturated carbocycles. The van der Waals surface area contributed by atoms with Gasteiger partial charge in [0.1, 0.15) is 5.60 Å². The largest absolute Gasteiger partial charge is 0.459 e. The molecule has 1 unspecified atom stereocenters. The second-order valence-corrected chi connectivity index (χ2v) is 10.4. The summed E-state index contributed by atoms with van der Waals surface area (Å²) >= 11 is 0. The minimum atomic E-state index is -0.426. The fraction of sp³-hybridized carbons (Fsp3) is 0.909. The summed E-state index contributed by atoms with van der Waals surface area (Å²) < 4.78 is 5.44. The average molecular weight is 392 g/mol. The van der Waals surface area contributed by atoms with Crippen LogP contribution in [-0.2, 0) is 14.3 Å². The van der Waals surface area contributed by atoms with E-state index in [1.807, 2.05) is 20.8 Å². The number of carbonyl (C=O) groups excluding carboxylic acids is 2. The zero-order valence-corrected chi connectivity index (χ0v) is 17.9. The first kappa shape index (κ1) is 20.1. The Morgan fingerprint density at radius 3 is 2.18 bits per heavy atom. The van der Waals surface area contributed by atoms with Crippen LogP contribution in [0.2, 0.25) is 0 Å². The summed E-state index contributed by atoms with van der Waals surface area (Å²) in [5.74, 6) is 0.483. The van der Waals surface area contributed by atoms with Crippen molar-refractivity contribution in [2.45, 2.75) is 70.9 Å². The van der Waals surface area contributed by atoms with Crippen LogP contribution in [0.4, 0.5) is 0 Å². The van der Waals surface area contributed by atoms with Crippen LogP contribution in [0.3, 0.4) is 0 Å². The highest BCUT2D eigenvalue weighted by Gasteiger charge is 2.59. The highest BCUT2D eigenvalue weighted by atomic mass is 16.6. The number of nitrogens with zero attached hydrogens (tertiary/aromatic N) is 3. The topological polar surface area (TPSA) is 53.1 Å². The molecule has 0 aromatic carbocycles. The highest BCUT2D eigenvalue weighted by molar-refractivity contribution is 5.83. The van der Waals surface area contributed by atoms with E-state index in [2.05, 4.69) is 14.7 Å². The lowest BCUT2D eigenvalue weighted by atomic mass is 9.90. The maximum Gasteiger partial charge on any atom is 0.320 e. The summed E-state index contributed by atoms with van der Waals surface area (Å²) in [6.45, 7) is 11.8. The van der Waals surface area contributed by atoms with Crippen molar-refractivity contribution in [1.29, 1.82) is 0 Å². The Hall–Kier alpha value is -1.14. The smallest absolute Gasteiger partial charge is 0.320 e. The molecule has 2 aliphatic heterocycles. The molecule has 1 atom stereocenters. The summed E-state index contributed by atoms with van der Waals surface area (Å²) in [6, 6.07) is 0.791. The van der Waals surface area contributed by atoms with E-state index in [9.17, 15) is 9.59 Å². The summed E-state index contributed by atoms with van der Waals surface area (Å²) in [4.78, 5) is 32.0. The van der Waals surface area contributed by atoms with Crippen molar-refractivity contribution in [2.24, 2.45) is 11.3 Å². The second-order valence-electron chi connectivity index (χ2n) is 10.4. The number of likely N-dealkylation sites (tertiary alicyclic amines) is 1. The van der Waals surface area contributed by atoms with Crippen LogP contribution in [0.1, 0.15) is 59.3 Å². The van der Waals surface area contributed by atoms with Crippen LogP contribution < -0.4 is 0 Å².